The first-order valence-electron chi connectivity index (χ1n) is 8.26. The molecule has 1 aromatic heterocycles. The molecule has 0 saturated heterocycles. The summed E-state index contributed by atoms with van der Waals surface area (Å²) < 4.78 is 24.6. The Balaban J connectivity index is 1.51. The molecule has 7 heteroatoms. The van der Waals surface area contributed by atoms with Gasteiger partial charge < -0.3 is 10.3 Å². The number of hydrogen-bond donors (Lipinski definition) is 2. The van der Waals surface area contributed by atoms with E-state index in [2.05, 4.69) is 10.3 Å². The molecule has 5 nitrogen and oxygen atoms in total. The lowest BCUT2D eigenvalue weighted by Gasteiger charge is -2.07. The Morgan fingerprint density at radius 2 is 1.81 bits per heavy atom. The Kier molecular flexibility index (Phi) is 5.64. The first-order valence-corrected chi connectivity index (χ1v) is 10.3. The van der Waals surface area contributed by atoms with Crippen molar-refractivity contribution < 1.29 is 13.2 Å². The third-order valence-electron chi connectivity index (χ3n) is 4.16. The van der Waals surface area contributed by atoms with E-state index < -0.39 is 9.84 Å². The molecule has 1 amide bonds. The molecule has 1 heterocycles. The summed E-state index contributed by atoms with van der Waals surface area (Å²) in [6.07, 6.45) is 2.51. The van der Waals surface area contributed by atoms with Gasteiger partial charge in [-0.25, -0.2) is 8.42 Å². The number of halogens is 1. The molecule has 26 heavy (non-hydrogen) atoms. The zero-order chi connectivity index (χ0) is 18.6. The van der Waals surface area contributed by atoms with E-state index in [9.17, 15) is 13.2 Å². The van der Waals surface area contributed by atoms with Crippen molar-refractivity contribution in [3.05, 3.63) is 65.3 Å². The Morgan fingerprint density at radius 1 is 1.08 bits per heavy atom. The number of aromatic nitrogens is 1. The van der Waals surface area contributed by atoms with Gasteiger partial charge in [0.15, 0.2) is 9.84 Å². The summed E-state index contributed by atoms with van der Waals surface area (Å²) >= 11 is 5.93. The van der Waals surface area contributed by atoms with Crippen molar-refractivity contribution in [1.82, 2.24) is 10.3 Å². The fraction of sp³-hybridized carbons (Fsp3) is 0.211. The van der Waals surface area contributed by atoms with E-state index in [1.54, 1.807) is 12.1 Å². The lowest BCUT2D eigenvalue weighted by Crippen LogP contribution is -2.27. The number of sulfone groups is 1. The van der Waals surface area contributed by atoms with Crippen LogP contribution in [0.2, 0.25) is 5.02 Å². The van der Waals surface area contributed by atoms with Crippen LogP contribution in [0, 0.1) is 0 Å². The zero-order valence-electron chi connectivity index (χ0n) is 14.0. The Labute approximate surface area is 157 Å². The fourth-order valence-electron chi connectivity index (χ4n) is 2.80. The zero-order valence-corrected chi connectivity index (χ0v) is 15.6. The standard InChI is InChI=1S/C19H19ClN2O3S/c20-16-6-2-4-8-18(16)26(24,25)12-10-19(23)21-11-9-14-13-22-17-7-3-1-5-15(14)17/h1-8,13,22H,9-12H2,(H,21,23). The van der Waals surface area contributed by atoms with Gasteiger partial charge in [-0.3, -0.25) is 4.79 Å². The average molecular weight is 391 g/mol. The lowest BCUT2D eigenvalue weighted by atomic mass is 10.1. The summed E-state index contributed by atoms with van der Waals surface area (Å²) in [5.41, 5.74) is 2.17. The average Bonchev–Trinajstić information content (AvgIpc) is 3.04. The molecule has 2 N–H and O–H groups in total. The van der Waals surface area contributed by atoms with Gasteiger partial charge in [0.25, 0.3) is 0 Å². The number of rotatable bonds is 7. The van der Waals surface area contributed by atoms with Crippen LogP contribution in [-0.2, 0) is 21.1 Å². The van der Waals surface area contributed by atoms with Gasteiger partial charge in [-0.15, -0.1) is 0 Å². The van der Waals surface area contributed by atoms with Crippen molar-refractivity contribution in [2.24, 2.45) is 0 Å². The van der Waals surface area contributed by atoms with E-state index in [1.165, 1.54) is 12.1 Å². The molecule has 0 unspecified atom stereocenters. The Morgan fingerprint density at radius 3 is 2.62 bits per heavy atom. The number of carbonyl (C=O) groups excluding carboxylic acids is 1. The molecule has 0 spiro atoms. The molecule has 136 valence electrons. The summed E-state index contributed by atoms with van der Waals surface area (Å²) in [6, 6.07) is 14.2. The molecule has 2 aromatic carbocycles. The number of aromatic amines is 1. The molecule has 0 bridgehead atoms. The van der Waals surface area contributed by atoms with Crippen molar-refractivity contribution in [3.8, 4) is 0 Å². The molecule has 0 fully saturated rings. The highest BCUT2D eigenvalue weighted by Crippen LogP contribution is 2.22. The fourth-order valence-corrected chi connectivity index (χ4v) is 4.61. The highest BCUT2D eigenvalue weighted by molar-refractivity contribution is 7.91. The number of nitrogens with one attached hydrogen (secondary N) is 2. The van der Waals surface area contributed by atoms with E-state index in [1.807, 2.05) is 30.5 Å². The second-order valence-electron chi connectivity index (χ2n) is 5.96. The molecule has 3 aromatic rings. The number of amides is 1. The second-order valence-corrected chi connectivity index (χ2v) is 8.44. The van der Waals surface area contributed by atoms with Gasteiger partial charge in [0.1, 0.15) is 0 Å². The van der Waals surface area contributed by atoms with Gasteiger partial charge in [0.2, 0.25) is 5.91 Å². The SMILES string of the molecule is O=C(CCS(=O)(=O)c1ccccc1Cl)NCCc1c[nH]c2ccccc12. The quantitative estimate of drug-likeness (QED) is 0.649. The Bertz CT molecular complexity index is 1030. The first-order chi connectivity index (χ1) is 12.5. The van der Waals surface area contributed by atoms with Crippen LogP contribution in [0.5, 0.6) is 0 Å². The van der Waals surface area contributed by atoms with E-state index in [0.717, 1.165) is 16.5 Å². The van der Waals surface area contributed by atoms with Crippen molar-refractivity contribution >= 4 is 38.2 Å². The van der Waals surface area contributed by atoms with Crippen LogP contribution in [0.25, 0.3) is 10.9 Å². The van der Waals surface area contributed by atoms with E-state index in [0.29, 0.717) is 13.0 Å². The normalized spacial score (nSPS) is 11.6. The molecule has 0 aliphatic carbocycles. The van der Waals surface area contributed by atoms with Crippen LogP contribution in [0.4, 0.5) is 0 Å². The molecule has 0 radical (unpaired) electrons. The summed E-state index contributed by atoms with van der Waals surface area (Å²) in [4.78, 5) is 15.2. The minimum atomic E-state index is -3.58. The third-order valence-corrected chi connectivity index (χ3v) is 6.37. The summed E-state index contributed by atoms with van der Waals surface area (Å²) in [5, 5.41) is 4.08. The second kappa shape index (κ2) is 7.93. The van der Waals surface area contributed by atoms with Crippen LogP contribution in [0.15, 0.2) is 59.6 Å². The van der Waals surface area contributed by atoms with Crippen molar-refractivity contribution in [2.45, 2.75) is 17.7 Å². The predicted octanol–water partition coefficient (Wildman–Crippen LogP) is 3.34. The van der Waals surface area contributed by atoms with Crippen LogP contribution >= 0.6 is 11.6 Å². The van der Waals surface area contributed by atoms with Crippen molar-refractivity contribution in [3.63, 3.8) is 0 Å². The highest BCUT2D eigenvalue weighted by atomic mass is 35.5. The molecule has 0 saturated carbocycles. The smallest absolute Gasteiger partial charge is 0.221 e. The van der Waals surface area contributed by atoms with Crippen LogP contribution in [0.3, 0.4) is 0 Å². The molecule has 0 aliphatic heterocycles. The van der Waals surface area contributed by atoms with Gasteiger partial charge in [-0.2, -0.15) is 0 Å². The van der Waals surface area contributed by atoms with E-state index in [4.69, 9.17) is 11.6 Å². The number of H-pyrrole nitrogens is 1. The van der Waals surface area contributed by atoms with Crippen molar-refractivity contribution in [1.29, 1.82) is 0 Å². The topological polar surface area (TPSA) is 79.0 Å². The third kappa shape index (κ3) is 4.26. The minimum absolute atomic E-state index is 0.0632. The first kappa shape index (κ1) is 18.5. The molecular weight excluding hydrogens is 372 g/mol. The summed E-state index contributed by atoms with van der Waals surface area (Å²) in [6.45, 7) is 0.451. The number of carbonyl (C=O) groups is 1. The van der Waals surface area contributed by atoms with Crippen LogP contribution in [-0.4, -0.2) is 31.6 Å². The Hall–Kier alpha value is -2.31. The number of fused-ring (bicyclic) bond motifs is 1. The maximum Gasteiger partial charge on any atom is 0.221 e. The maximum absolute atomic E-state index is 12.3. The molecular formula is C19H19ClN2O3S. The monoisotopic (exact) mass is 390 g/mol. The number of benzene rings is 2. The summed E-state index contributed by atoms with van der Waals surface area (Å²) in [5.74, 6) is -0.559. The largest absolute Gasteiger partial charge is 0.361 e. The molecule has 3 rings (SSSR count). The summed E-state index contributed by atoms with van der Waals surface area (Å²) in [7, 11) is -3.58. The van der Waals surface area contributed by atoms with Crippen molar-refractivity contribution in [2.75, 3.05) is 12.3 Å². The van der Waals surface area contributed by atoms with Gasteiger partial charge in [0, 0.05) is 30.1 Å². The van der Waals surface area contributed by atoms with Gasteiger partial charge in [0.05, 0.1) is 15.7 Å². The molecule has 0 atom stereocenters. The van der Waals surface area contributed by atoms with Gasteiger partial charge in [-0.05, 0) is 30.2 Å². The highest BCUT2D eigenvalue weighted by Gasteiger charge is 2.19. The minimum Gasteiger partial charge on any atom is -0.361 e. The number of para-hydroxylation sites is 1. The van der Waals surface area contributed by atoms with Crippen LogP contribution < -0.4 is 5.32 Å². The van der Waals surface area contributed by atoms with Crippen LogP contribution in [0.1, 0.15) is 12.0 Å². The lowest BCUT2D eigenvalue weighted by molar-refractivity contribution is -0.120. The van der Waals surface area contributed by atoms with E-state index in [-0.39, 0.29) is 28.0 Å². The predicted molar refractivity (Wildman–Crippen MR) is 103 cm³/mol. The maximum atomic E-state index is 12.3. The van der Waals surface area contributed by atoms with Gasteiger partial charge in [-0.1, -0.05) is 41.9 Å². The van der Waals surface area contributed by atoms with Gasteiger partial charge >= 0.3 is 0 Å². The number of hydrogen-bond acceptors (Lipinski definition) is 3. The van der Waals surface area contributed by atoms with E-state index >= 15 is 0 Å². The molecule has 0 aliphatic rings.